The molecule has 1 amide bonds. The lowest BCUT2D eigenvalue weighted by Gasteiger charge is -2.34. The van der Waals surface area contributed by atoms with E-state index in [-0.39, 0.29) is 39.4 Å². The summed E-state index contributed by atoms with van der Waals surface area (Å²) in [5, 5.41) is 14.9. The zero-order chi connectivity index (χ0) is 25.8. The number of piperidine rings is 1. The van der Waals surface area contributed by atoms with Crippen molar-refractivity contribution in [1.29, 1.82) is 5.41 Å². The number of nitrogen functional groups attached to an aromatic ring is 1. The van der Waals surface area contributed by atoms with E-state index in [0.717, 1.165) is 43.4 Å². The second-order valence-corrected chi connectivity index (χ2v) is 10.8. The van der Waals surface area contributed by atoms with Gasteiger partial charge in [-0.3, -0.25) is 10.2 Å². The number of nitrogens with two attached hydrogens (primary N) is 1. The number of amides is 1. The van der Waals surface area contributed by atoms with Crippen molar-refractivity contribution in [3.05, 3.63) is 45.6 Å². The Hall–Kier alpha value is -3.08. The summed E-state index contributed by atoms with van der Waals surface area (Å²) in [5.74, 6) is 0.550. The lowest BCUT2D eigenvalue weighted by atomic mass is 10.00. The second-order valence-electron chi connectivity index (χ2n) is 9.76. The third kappa shape index (κ3) is 6.18. The number of thiophene rings is 1. The molecular weight excluding hydrogens is 484 g/mol. The third-order valence-electron chi connectivity index (χ3n) is 6.76. The zero-order valence-electron chi connectivity index (χ0n) is 20.6. The fraction of sp³-hybridized carbons (Fsp3) is 0.520. The number of carbonyl (C=O) groups excluding carboxylic acids is 1. The molecule has 1 aliphatic heterocycles. The molecule has 3 atom stereocenters. The van der Waals surface area contributed by atoms with Gasteiger partial charge in [0, 0.05) is 31.4 Å². The van der Waals surface area contributed by atoms with Gasteiger partial charge in [0.2, 0.25) is 0 Å². The Balaban J connectivity index is 1.48. The highest BCUT2D eigenvalue weighted by atomic mass is 32.1. The van der Waals surface area contributed by atoms with Crippen molar-refractivity contribution in [3.63, 3.8) is 0 Å². The van der Waals surface area contributed by atoms with Crippen molar-refractivity contribution in [1.82, 2.24) is 20.2 Å². The van der Waals surface area contributed by atoms with Gasteiger partial charge < -0.3 is 21.3 Å². The van der Waals surface area contributed by atoms with E-state index >= 15 is 0 Å². The molecule has 3 unspecified atom stereocenters. The maximum absolute atomic E-state index is 13.6. The highest BCUT2D eigenvalue weighted by Crippen LogP contribution is 2.35. The van der Waals surface area contributed by atoms with Gasteiger partial charge in [0.05, 0.1) is 16.1 Å². The summed E-state index contributed by atoms with van der Waals surface area (Å²) in [6, 6.07) is 1.16. The summed E-state index contributed by atoms with van der Waals surface area (Å²) in [5.41, 5.74) is 8.06. The lowest BCUT2D eigenvalue weighted by Crippen LogP contribution is -2.49. The summed E-state index contributed by atoms with van der Waals surface area (Å²) in [4.78, 5) is 23.2. The molecule has 11 heteroatoms. The van der Waals surface area contributed by atoms with E-state index in [1.54, 1.807) is 0 Å². The maximum atomic E-state index is 13.6. The van der Waals surface area contributed by atoms with E-state index < -0.39 is 6.43 Å². The molecular formula is C25H33F2N7OS. The standard InChI is InChI=1S/C25H33F2N7OS/c1-14-5-6-15(2)9-17(8-14)32-19-10-20(22(26)27)36-21(19)25(35)33-16-4-3-7-34(12-16)24(29)18-11-30-13-31-23(18)28/h8,10-11,13,15-17,22,29,32H,3-7,9,12H2,1-2H3,(H,33,35)(H2,28,30,31). The van der Waals surface area contributed by atoms with Crippen molar-refractivity contribution < 1.29 is 13.6 Å². The molecule has 0 aromatic carbocycles. The minimum absolute atomic E-state index is 0.0154. The molecule has 1 aliphatic carbocycles. The van der Waals surface area contributed by atoms with Crippen LogP contribution in [0.2, 0.25) is 0 Å². The van der Waals surface area contributed by atoms with Crippen LogP contribution in [0, 0.1) is 11.3 Å². The Labute approximate surface area is 213 Å². The number of halogens is 2. The van der Waals surface area contributed by atoms with Gasteiger partial charge in [-0.15, -0.1) is 11.3 Å². The summed E-state index contributed by atoms with van der Waals surface area (Å²) in [7, 11) is 0. The van der Waals surface area contributed by atoms with Crippen LogP contribution < -0.4 is 16.4 Å². The number of nitrogens with zero attached hydrogens (tertiary/aromatic N) is 3. The van der Waals surface area contributed by atoms with Crippen LogP contribution in [-0.4, -0.2) is 51.8 Å². The second kappa shape index (κ2) is 11.3. The van der Waals surface area contributed by atoms with Crippen molar-refractivity contribution >= 4 is 34.6 Å². The van der Waals surface area contributed by atoms with Gasteiger partial charge in [0.15, 0.2) is 0 Å². The van der Waals surface area contributed by atoms with Crippen molar-refractivity contribution in [2.75, 3.05) is 24.1 Å². The molecule has 3 heterocycles. The Kier molecular flexibility index (Phi) is 8.17. The van der Waals surface area contributed by atoms with Gasteiger partial charge in [0.25, 0.3) is 12.3 Å². The number of hydrogen-bond donors (Lipinski definition) is 4. The van der Waals surface area contributed by atoms with Crippen LogP contribution in [-0.2, 0) is 0 Å². The molecule has 1 fully saturated rings. The first kappa shape index (κ1) is 26.0. The average Bonchev–Trinajstić information content (AvgIpc) is 3.19. The Morgan fingerprint density at radius 3 is 2.92 bits per heavy atom. The normalized spacial score (nSPS) is 22.6. The molecule has 2 aliphatic rings. The van der Waals surface area contributed by atoms with Crippen LogP contribution in [0.15, 0.2) is 30.2 Å². The van der Waals surface area contributed by atoms with E-state index in [1.165, 1.54) is 24.2 Å². The Morgan fingerprint density at radius 2 is 2.17 bits per heavy atom. The smallest absolute Gasteiger partial charge is 0.272 e. The quantitative estimate of drug-likeness (QED) is 0.248. The van der Waals surface area contributed by atoms with Gasteiger partial charge in [-0.05, 0) is 51.0 Å². The minimum atomic E-state index is -2.65. The SMILES string of the molecule is CC1=CC(Nc2cc(C(F)F)sc2C(=O)NC2CCCN(C(=N)c3cncnc3N)C2)CC(C)CC1. The number of alkyl halides is 2. The van der Waals surface area contributed by atoms with Gasteiger partial charge in [0.1, 0.15) is 22.9 Å². The summed E-state index contributed by atoms with van der Waals surface area (Å²) in [6.45, 7) is 5.33. The van der Waals surface area contributed by atoms with E-state index in [1.807, 2.05) is 4.90 Å². The topological polar surface area (TPSA) is 120 Å². The van der Waals surface area contributed by atoms with Crippen molar-refractivity contribution in [2.24, 2.45) is 5.92 Å². The first-order chi connectivity index (χ1) is 17.2. The molecule has 2 aromatic heterocycles. The number of carbonyl (C=O) groups is 1. The largest absolute Gasteiger partial charge is 0.383 e. The fourth-order valence-electron chi connectivity index (χ4n) is 4.85. The van der Waals surface area contributed by atoms with Crippen LogP contribution in [0.5, 0.6) is 0 Å². The maximum Gasteiger partial charge on any atom is 0.272 e. The molecule has 1 saturated heterocycles. The van der Waals surface area contributed by atoms with E-state index in [0.29, 0.717) is 30.3 Å². The molecule has 0 bridgehead atoms. The Morgan fingerprint density at radius 1 is 1.36 bits per heavy atom. The monoisotopic (exact) mass is 517 g/mol. The number of allylic oxidation sites excluding steroid dienone is 1. The molecule has 36 heavy (non-hydrogen) atoms. The lowest BCUT2D eigenvalue weighted by molar-refractivity contribution is 0.0925. The summed E-state index contributed by atoms with van der Waals surface area (Å²) < 4.78 is 27.1. The molecule has 2 aromatic rings. The van der Waals surface area contributed by atoms with Crippen LogP contribution in [0.3, 0.4) is 0 Å². The van der Waals surface area contributed by atoms with Crippen LogP contribution >= 0.6 is 11.3 Å². The van der Waals surface area contributed by atoms with Crippen LogP contribution in [0.4, 0.5) is 20.3 Å². The molecule has 0 spiro atoms. The van der Waals surface area contributed by atoms with Gasteiger partial charge in [-0.2, -0.15) is 0 Å². The van der Waals surface area contributed by atoms with E-state index in [4.69, 9.17) is 11.1 Å². The van der Waals surface area contributed by atoms with Crippen LogP contribution in [0.25, 0.3) is 0 Å². The molecule has 194 valence electrons. The predicted molar refractivity (Wildman–Crippen MR) is 139 cm³/mol. The molecule has 0 saturated carbocycles. The molecule has 8 nitrogen and oxygen atoms in total. The van der Waals surface area contributed by atoms with Crippen LogP contribution in [0.1, 0.15) is 72.5 Å². The number of rotatable bonds is 6. The Bertz CT molecular complexity index is 1140. The zero-order valence-corrected chi connectivity index (χ0v) is 21.4. The highest BCUT2D eigenvalue weighted by Gasteiger charge is 2.28. The minimum Gasteiger partial charge on any atom is -0.383 e. The first-order valence-corrected chi connectivity index (χ1v) is 13.1. The number of nitrogens with one attached hydrogen (secondary N) is 3. The molecule has 5 N–H and O–H groups in total. The number of hydrogen-bond acceptors (Lipinski definition) is 7. The van der Waals surface area contributed by atoms with Crippen molar-refractivity contribution in [2.45, 2.75) is 64.5 Å². The predicted octanol–water partition coefficient (Wildman–Crippen LogP) is 4.82. The summed E-state index contributed by atoms with van der Waals surface area (Å²) in [6.07, 6.45) is 6.83. The van der Waals surface area contributed by atoms with Gasteiger partial charge in [-0.1, -0.05) is 18.6 Å². The molecule has 4 rings (SSSR count). The van der Waals surface area contributed by atoms with Gasteiger partial charge >= 0.3 is 0 Å². The number of likely N-dealkylation sites (tertiary alicyclic amines) is 1. The third-order valence-corrected chi connectivity index (χ3v) is 7.90. The number of aromatic nitrogens is 2. The molecule has 0 radical (unpaired) electrons. The average molecular weight is 518 g/mol. The van der Waals surface area contributed by atoms with Gasteiger partial charge in [-0.25, -0.2) is 18.7 Å². The van der Waals surface area contributed by atoms with E-state index in [2.05, 4.69) is 40.5 Å². The van der Waals surface area contributed by atoms with Crippen molar-refractivity contribution in [3.8, 4) is 0 Å². The summed E-state index contributed by atoms with van der Waals surface area (Å²) >= 11 is 0.831. The first-order valence-electron chi connectivity index (χ1n) is 12.3. The fourth-order valence-corrected chi connectivity index (χ4v) is 5.74. The number of amidine groups is 1. The number of anilines is 2. The van der Waals surface area contributed by atoms with E-state index in [9.17, 15) is 13.6 Å². The highest BCUT2D eigenvalue weighted by molar-refractivity contribution is 7.14.